The normalized spacial score (nSPS) is 25.4. The minimum Gasteiger partial charge on any atom is -0.493 e. The zero-order chi connectivity index (χ0) is 20.5. The number of ether oxygens (including phenoxy) is 2. The predicted octanol–water partition coefficient (Wildman–Crippen LogP) is 3.62. The molecule has 5 rings (SSSR count). The van der Waals surface area contributed by atoms with Crippen LogP contribution in [0.3, 0.4) is 0 Å². The molecular weight excluding hydrogens is 400 g/mol. The lowest BCUT2D eigenvalue weighted by molar-refractivity contribution is -0.131. The number of carbonyl (C=O) groups is 1. The van der Waals surface area contributed by atoms with Gasteiger partial charge >= 0.3 is 0 Å². The summed E-state index contributed by atoms with van der Waals surface area (Å²) in [4.78, 5) is 26.5. The Morgan fingerprint density at radius 2 is 2.07 bits per heavy atom. The first kappa shape index (κ1) is 19.9. The summed E-state index contributed by atoms with van der Waals surface area (Å²) < 4.78 is 11.7. The van der Waals surface area contributed by atoms with Crippen molar-refractivity contribution in [3.8, 4) is 11.5 Å². The van der Waals surface area contributed by atoms with Gasteiger partial charge in [0.05, 0.1) is 36.7 Å². The van der Waals surface area contributed by atoms with Crippen molar-refractivity contribution in [3.63, 3.8) is 0 Å². The summed E-state index contributed by atoms with van der Waals surface area (Å²) in [6.45, 7) is 4.12. The van der Waals surface area contributed by atoms with Crippen LogP contribution in [0.15, 0.2) is 22.1 Å². The average molecular weight is 429 g/mol. The lowest BCUT2D eigenvalue weighted by Gasteiger charge is -2.35. The summed E-state index contributed by atoms with van der Waals surface area (Å²) in [7, 11) is 1.65. The Balaban J connectivity index is 1.31. The molecule has 0 aliphatic carbocycles. The van der Waals surface area contributed by atoms with Gasteiger partial charge in [-0.15, -0.1) is 11.8 Å². The van der Waals surface area contributed by atoms with E-state index in [9.17, 15) is 4.79 Å². The second-order valence-electron chi connectivity index (χ2n) is 8.19. The standard InChI is InChI=1S/C22H28N4O3S/c1-28-18-12-16-17(13-19(18)29-10-5-9-25-7-3-2-4-8-25)23-14-26-20(16)24-21-15(22(26)27)6-11-30-21/h12-15,20H,2-11H2,1H3. The van der Waals surface area contributed by atoms with Gasteiger partial charge in [0.2, 0.25) is 5.91 Å². The molecule has 1 aromatic carbocycles. The third-order valence-electron chi connectivity index (χ3n) is 6.26. The Hall–Kier alpha value is -2.06. The Morgan fingerprint density at radius 3 is 2.90 bits per heavy atom. The summed E-state index contributed by atoms with van der Waals surface area (Å²) in [5.41, 5.74) is 1.68. The van der Waals surface area contributed by atoms with E-state index < -0.39 is 0 Å². The molecule has 0 spiro atoms. The molecule has 0 bridgehead atoms. The lowest BCUT2D eigenvalue weighted by Crippen LogP contribution is -2.43. The van der Waals surface area contributed by atoms with Gasteiger partial charge in [-0.25, -0.2) is 4.99 Å². The van der Waals surface area contributed by atoms with Gasteiger partial charge in [-0.3, -0.25) is 14.7 Å². The number of nitrogens with zero attached hydrogens (tertiary/aromatic N) is 4. The van der Waals surface area contributed by atoms with E-state index in [0.717, 1.165) is 41.4 Å². The SMILES string of the molecule is COc1cc2c(cc1OCCCN1CCCCC1)N=CN1C(=O)C3CCSC3=NC21. The third kappa shape index (κ3) is 3.71. The third-order valence-corrected chi connectivity index (χ3v) is 7.38. The van der Waals surface area contributed by atoms with Gasteiger partial charge in [0.1, 0.15) is 0 Å². The van der Waals surface area contributed by atoms with E-state index in [1.54, 1.807) is 30.1 Å². The molecule has 4 heterocycles. The number of amides is 1. The van der Waals surface area contributed by atoms with E-state index in [4.69, 9.17) is 14.5 Å². The van der Waals surface area contributed by atoms with Crippen LogP contribution in [0.25, 0.3) is 0 Å². The first-order valence-corrected chi connectivity index (χ1v) is 11.9. The Bertz CT molecular complexity index is 881. The van der Waals surface area contributed by atoms with Gasteiger partial charge in [-0.2, -0.15) is 0 Å². The van der Waals surface area contributed by atoms with Crippen LogP contribution in [-0.4, -0.2) is 66.2 Å². The van der Waals surface area contributed by atoms with Crippen LogP contribution < -0.4 is 9.47 Å². The number of hydrogen-bond acceptors (Lipinski definition) is 7. The number of hydrogen-bond donors (Lipinski definition) is 0. The molecule has 4 aliphatic rings. The zero-order valence-corrected chi connectivity index (χ0v) is 18.2. The maximum Gasteiger partial charge on any atom is 0.239 e. The van der Waals surface area contributed by atoms with Gasteiger partial charge in [-0.1, -0.05) is 6.42 Å². The number of fused-ring (bicyclic) bond motifs is 4. The maximum atomic E-state index is 12.9. The molecule has 0 radical (unpaired) electrons. The van der Waals surface area contributed by atoms with Crippen molar-refractivity contribution in [1.82, 2.24) is 9.80 Å². The van der Waals surface area contributed by atoms with Gasteiger partial charge in [0, 0.05) is 23.9 Å². The molecule has 0 aromatic heterocycles. The molecule has 2 saturated heterocycles. The first-order chi connectivity index (χ1) is 14.7. The van der Waals surface area contributed by atoms with Crippen molar-refractivity contribution in [3.05, 3.63) is 17.7 Å². The molecule has 1 aromatic rings. The van der Waals surface area contributed by atoms with Crippen molar-refractivity contribution in [2.45, 2.75) is 38.3 Å². The Kier molecular flexibility index (Phi) is 5.69. The minimum absolute atomic E-state index is 0.0938. The molecule has 8 heteroatoms. The van der Waals surface area contributed by atoms with Gasteiger partial charge in [0.15, 0.2) is 17.7 Å². The fraction of sp³-hybridized carbons (Fsp3) is 0.591. The molecule has 0 saturated carbocycles. The zero-order valence-electron chi connectivity index (χ0n) is 17.4. The van der Waals surface area contributed by atoms with Crippen molar-refractivity contribution >= 4 is 34.7 Å². The van der Waals surface area contributed by atoms with Crippen molar-refractivity contribution in [1.29, 1.82) is 0 Å². The summed E-state index contributed by atoms with van der Waals surface area (Å²) in [5, 5.41) is 0.958. The van der Waals surface area contributed by atoms with E-state index in [1.807, 2.05) is 12.1 Å². The van der Waals surface area contributed by atoms with Crippen LogP contribution >= 0.6 is 11.8 Å². The number of piperidine rings is 1. The van der Waals surface area contributed by atoms with Gasteiger partial charge < -0.3 is 14.4 Å². The Morgan fingerprint density at radius 1 is 1.20 bits per heavy atom. The van der Waals surface area contributed by atoms with Gasteiger partial charge in [0.25, 0.3) is 0 Å². The minimum atomic E-state index is -0.357. The van der Waals surface area contributed by atoms with E-state index in [2.05, 4.69) is 9.89 Å². The molecule has 30 heavy (non-hydrogen) atoms. The number of methoxy groups -OCH3 is 1. The predicted molar refractivity (Wildman–Crippen MR) is 119 cm³/mol. The molecule has 4 aliphatic heterocycles. The van der Waals surface area contributed by atoms with Crippen molar-refractivity contribution < 1.29 is 14.3 Å². The topological polar surface area (TPSA) is 66.7 Å². The molecule has 2 atom stereocenters. The summed E-state index contributed by atoms with van der Waals surface area (Å²) in [6, 6.07) is 3.85. The van der Waals surface area contributed by atoms with E-state index >= 15 is 0 Å². The summed E-state index contributed by atoms with van der Waals surface area (Å²) in [6.07, 6.45) is 7.09. The van der Waals surface area contributed by atoms with Crippen LogP contribution in [0, 0.1) is 5.92 Å². The van der Waals surface area contributed by atoms with Crippen LogP contribution in [0.1, 0.15) is 43.8 Å². The highest BCUT2D eigenvalue weighted by molar-refractivity contribution is 8.14. The van der Waals surface area contributed by atoms with Crippen LogP contribution in [0.5, 0.6) is 11.5 Å². The van der Waals surface area contributed by atoms with Gasteiger partial charge in [-0.05, 0) is 44.8 Å². The Labute approximate surface area is 181 Å². The highest BCUT2D eigenvalue weighted by Gasteiger charge is 2.42. The number of benzene rings is 1. The molecule has 2 unspecified atom stereocenters. The highest BCUT2D eigenvalue weighted by atomic mass is 32.2. The van der Waals surface area contributed by atoms with Crippen molar-refractivity contribution in [2.75, 3.05) is 39.1 Å². The van der Waals surface area contributed by atoms with Crippen LogP contribution in [0.4, 0.5) is 5.69 Å². The molecule has 0 N–H and O–H groups in total. The fourth-order valence-corrected chi connectivity index (χ4v) is 5.77. The fourth-order valence-electron chi connectivity index (χ4n) is 4.62. The van der Waals surface area contributed by atoms with Crippen LogP contribution in [-0.2, 0) is 4.79 Å². The summed E-state index contributed by atoms with van der Waals surface area (Å²) >= 11 is 1.70. The molecule has 2 fully saturated rings. The number of thioether (sulfide) groups is 1. The second-order valence-corrected chi connectivity index (χ2v) is 9.30. The van der Waals surface area contributed by atoms with E-state index in [-0.39, 0.29) is 18.0 Å². The number of rotatable bonds is 6. The smallest absolute Gasteiger partial charge is 0.239 e. The van der Waals surface area contributed by atoms with E-state index in [1.165, 1.54) is 32.4 Å². The molecular formula is C22H28N4O3S. The largest absolute Gasteiger partial charge is 0.493 e. The number of aliphatic imine (C=N–C) groups is 2. The molecule has 1 amide bonds. The van der Waals surface area contributed by atoms with Crippen LogP contribution in [0.2, 0.25) is 0 Å². The van der Waals surface area contributed by atoms with Crippen molar-refractivity contribution in [2.24, 2.45) is 15.9 Å². The monoisotopic (exact) mass is 428 g/mol. The molecule has 160 valence electrons. The average Bonchev–Trinajstić information content (AvgIpc) is 3.26. The number of likely N-dealkylation sites (tertiary alicyclic amines) is 1. The highest BCUT2D eigenvalue weighted by Crippen LogP contribution is 2.45. The lowest BCUT2D eigenvalue weighted by atomic mass is 10.00. The maximum absolute atomic E-state index is 12.9. The first-order valence-electron chi connectivity index (χ1n) is 10.9. The molecule has 7 nitrogen and oxygen atoms in total. The van der Waals surface area contributed by atoms with E-state index in [0.29, 0.717) is 18.1 Å². The number of carbonyl (C=O) groups excluding carboxylic acids is 1. The quantitative estimate of drug-likeness (QED) is 0.648. The second kappa shape index (κ2) is 8.59. The summed E-state index contributed by atoms with van der Waals surface area (Å²) in [5.74, 6) is 2.32.